The molecule has 24 heavy (non-hydrogen) atoms. The Bertz CT molecular complexity index is 932. The number of aromatic hydroxyl groups is 1. The van der Waals surface area contributed by atoms with Crippen LogP contribution in [0.1, 0.15) is 15.9 Å². The first-order valence-corrected chi connectivity index (χ1v) is 7.48. The fraction of sp³-hybridized carbons (Fsp3) is 0.105. The average molecular weight is 322 g/mol. The third-order valence-corrected chi connectivity index (χ3v) is 3.89. The van der Waals surface area contributed by atoms with Crippen molar-refractivity contribution < 1.29 is 24.1 Å². The molecule has 120 valence electrons. The summed E-state index contributed by atoms with van der Waals surface area (Å²) in [6.45, 7) is 0.283. The molecule has 0 aliphatic carbocycles. The molecular weight excluding hydrogens is 308 g/mol. The van der Waals surface area contributed by atoms with Crippen LogP contribution in [0.25, 0.3) is 10.8 Å². The lowest BCUT2D eigenvalue weighted by molar-refractivity contribution is 0.0469. The van der Waals surface area contributed by atoms with Gasteiger partial charge in [0.05, 0.1) is 0 Å². The molecule has 0 aromatic heterocycles. The number of hydrogen-bond donors (Lipinski definition) is 1. The molecule has 0 unspecified atom stereocenters. The van der Waals surface area contributed by atoms with E-state index in [9.17, 15) is 9.90 Å². The normalized spacial score (nSPS) is 12.3. The van der Waals surface area contributed by atoms with E-state index in [1.165, 1.54) is 0 Å². The van der Waals surface area contributed by atoms with Crippen molar-refractivity contribution in [3.05, 3.63) is 65.7 Å². The van der Waals surface area contributed by atoms with Crippen molar-refractivity contribution in [1.29, 1.82) is 0 Å². The maximum Gasteiger partial charge on any atom is 0.342 e. The van der Waals surface area contributed by atoms with Crippen LogP contribution in [0.15, 0.2) is 54.6 Å². The summed E-state index contributed by atoms with van der Waals surface area (Å²) < 4.78 is 15.8. The van der Waals surface area contributed by atoms with Gasteiger partial charge < -0.3 is 19.3 Å². The number of carbonyl (C=O) groups excluding carboxylic acids is 1. The monoisotopic (exact) mass is 322 g/mol. The van der Waals surface area contributed by atoms with E-state index in [1.54, 1.807) is 30.3 Å². The Balaban J connectivity index is 1.53. The number of esters is 1. The summed E-state index contributed by atoms with van der Waals surface area (Å²) in [6, 6.07) is 16.1. The lowest BCUT2D eigenvalue weighted by Crippen LogP contribution is -2.05. The molecule has 4 rings (SSSR count). The van der Waals surface area contributed by atoms with Gasteiger partial charge in [0.2, 0.25) is 6.79 Å². The number of hydrogen-bond acceptors (Lipinski definition) is 5. The molecule has 0 atom stereocenters. The molecular formula is C19H14O5. The van der Waals surface area contributed by atoms with Gasteiger partial charge in [0.15, 0.2) is 11.5 Å². The van der Waals surface area contributed by atoms with E-state index in [0.717, 1.165) is 16.3 Å². The van der Waals surface area contributed by atoms with Crippen LogP contribution in [0.5, 0.6) is 17.2 Å². The van der Waals surface area contributed by atoms with Crippen molar-refractivity contribution in [2.75, 3.05) is 6.79 Å². The molecule has 0 saturated carbocycles. The lowest BCUT2D eigenvalue weighted by atomic mass is 10.1. The number of phenolic OH excluding ortho intramolecular Hbond substituents is 1. The van der Waals surface area contributed by atoms with Gasteiger partial charge in [-0.15, -0.1) is 0 Å². The number of ether oxygens (including phenoxy) is 3. The largest absolute Gasteiger partial charge is 0.507 e. The first kappa shape index (κ1) is 14.4. The van der Waals surface area contributed by atoms with Gasteiger partial charge in [0.25, 0.3) is 0 Å². The Kier molecular flexibility index (Phi) is 3.46. The van der Waals surface area contributed by atoms with Gasteiger partial charge in [-0.1, -0.05) is 30.3 Å². The summed E-state index contributed by atoms with van der Waals surface area (Å²) in [6.07, 6.45) is 0. The van der Waals surface area contributed by atoms with Gasteiger partial charge in [-0.3, -0.25) is 0 Å². The van der Waals surface area contributed by atoms with Gasteiger partial charge in [-0.2, -0.15) is 0 Å². The molecule has 5 heteroatoms. The first-order valence-electron chi connectivity index (χ1n) is 7.48. The van der Waals surface area contributed by atoms with E-state index in [2.05, 4.69) is 0 Å². The molecule has 3 aromatic rings. The fourth-order valence-electron chi connectivity index (χ4n) is 2.65. The van der Waals surface area contributed by atoms with Crippen molar-refractivity contribution >= 4 is 16.7 Å². The highest BCUT2D eigenvalue weighted by Gasteiger charge is 2.16. The number of benzene rings is 3. The van der Waals surface area contributed by atoms with Crippen LogP contribution in [0.4, 0.5) is 0 Å². The van der Waals surface area contributed by atoms with Gasteiger partial charge in [-0.25, -0.2) is 4.79 Å². The van der Waals surface area contributed by atoms with Crippen LogP contribution in [0, 0.1) is 0 Å². The number of carbonyl (C=O) groups is 1. The van der Waals surface area contributed by atoms with E-state index in [-0.39, 0.29) is 24.7 Å². The standard InChI is InChI=1S/C19H14O5/c20-16-9-14-4-2-1-3-13(14)8-15(16)19(21)22-10-12-5-6-17-18(7-12)24-11-23-17/h1-9,20H,10-11H2. The second kappa shape index (κ2) is 5.77. The second-order valence-electron chi connectivity index (χ2n) is 5.48. The zero-order valence-electron chi connectivity index (χ0n) is 12.7. The lowest BCUT2D eigenvalue weighted by Gasteiger charge is -2.08. The fourth-order valence-corrected chi connectivity index (χ4v) is 2.65. The topological polar surface area (TPSA) is 65.0 Å². The predicted molar refractivity (Wildman–Crippen MR) is 87.3 cm³/mol. The van der Waals surface area contributed by atoms with E-state index in [4.69, 9.17) is 14.2 Å². The predicted octanol–water partition coefficient (Wildman–Crippen LogP) is 3.63. The number of fused-ring (bicyclic) bond motifs is 2. The SMILES string of the molecule is O=C(OCc1ccc2c(c1)OCO2)c1cc2ccccc2cc1O. The van der Waals surface area contributed by atoms with Crippen molar-refractivity contribution in [1.82, 2.24) is 0 Å². The molecule has 5 nitrogen and oxygen atoms in total. The minimum Gasteiger partial charge on any atom is -0.507 e. The minimum atomic E-state index is -0.573. The summed E-state index contributed by atoms with van der Waals surface area (Å²) in [5, 5.41) is 11.8. The Morgan fingerprint density at radius 2 is 1.75 bits per heavy atom. The summed E-state index contributed by atoms with van der Waals surface area (Å²) in [5.41, 5.74) is 0.933. The van der Waals surface area contributed by atoms with Crippen LogP contribution in [0.2, 0.25) is 0 Å². The van der Waals surface area contributed by atoms with Crippen LogP contribution in [-0.2, 0) is 11.3 Å². The number of phenols is 1. The molecule has 1 aliphatic rings. The highest BCUT2D eigenvalue weighted by molar-refractivity contribution is 5.98. The van der Waals surface area contributed by atoms with Gasteiger partial charge in [0.1, 0.15) is 17.9 Å². The Hall–Kier alpha value is -3.21. The molecule has 3 aromatic carbocycles. The molecule has 0 radical (unpaired) electrons. The molecule has 0 amide bonds. The van der Waals surface area contributed by atoms with E-state index in [1.807, 2.05) is 24.3 Å². The molecule has 0 saturated heterocycles. The van der Waals surface area contributed by atoms with Gasteiger partial charge in [-0.05, 0) is 40.6 Å². The summed E-state index contributed by atoms with van der Waals surface area (Å²) in [7, 11) is 0. The summed E-state index contributed by atoms with van der Waals surface area (Å²) in [4.78, 5) is 12.3. The zero-order valence-corrected chi connectivity index (χ0v) is 12.7. The van der Waals surface area contributed by atoms with Crippen LogP contribution < -0.4 is 9.47 Å². The van der Waals surface area contributed by atoms with E-state index >= 15 is 0 Å². The maximum atomic E-state index is 12.3. The van der Waals surface area contributed by atoms with Crippen molar-refractivity contribution in [2.24, 2.45) is 0 Å². The molecule has 1 aliphatic heterocycles. The maximum absolute atomic E-state index is 12.3. The molecule has 1 N–H and O–H groups in total. The van der Waals surface area contributed by atoms with Crippen molar-refractivity contribution in [3.63, 3.8) is 0 Å². The minimum absolute atomic E-state index is 0.0851. The van der Waals surface area contributed by atoms with E-state index in [0.29, 0.717) is 11.5 Å². The average Bonchev–Trinajstić information content (AvgIpc) is 3.06. The first-order chi connectivity index (χ1) is 11.7. The van der Waals surface area contributed by atoms with Crippen molar-refractivity contribution in [2.45, 2.75) is 6.61 Å². The Morgan fingerprint density at radius 3 is 2.58 bits per heavy atom. The third kappa shape index (κ3) is 2.60. The molecule has 1 heterocycles. The Labute approximate surface area is 138 Å². The quantitative estimate of drug-likeness (QED) is 0.746. The second-order valence-corrected chi connectivity index (χ2v) is 5.48. The van der Waals surface area contributed by atoms with Crippen LogP contribution in [-0.4, -0.2) is 17.9 Å². The van der Waals surface area contributed by atoms with Crippen molar-refractivity contribution in [3.8, 4) is 17.2 Å². The Morgan fingerprint density at radius 1 is 1.00 bits per heavy atom. The smallest absolute Gasteiger partial charge is 0.342 e. The number of rotatable bonds is 3. The molecule has 0 fully saturated rings. The summed E-state index contributed by atoms with van der Waals surface area (Å²) >= 11 is 0. The van der Waals surface area contributed by atoms with Crippen LogP contribution >= 0.6 is 0 Å². The molecule has 0 spiro atoms. The van der Waals surface area contributed by atoms with E-state index < -0.39 is 5.97 Å². The van der Waals surface area contributed by atoms with Gasteiger partial charge in [0, 0.05) is 0 Å². The summed E-state index contributed by atoms with van der Waals surface area (Å²) in [5.74, 6) is 0.648. The third-order valence-electron chi connectivity index (χ3n) is 3.89. The zero-order chi connectivity index (χ0) is 16.5. The molecule has 0 bridgehead atoms. The van der Waals surface area contributed by atoms with Crippen LogP contribution in [0.3, 0.4) is 0 Å². The highest BCUT2D eigenvalue weighted by atomic mass is 16.7. The van der Waals surface area contributed by atoms with Gasteiger partial charge >= 0.3 is 5.97 Å². The highest BCUT2D eigenvalue weighted by Crippen LogP contribution is 2.33.